The highest BCUT2D eigenvalue weighted by atomic mass is 16.1. The molecule has 0 aliphatic heterocycles. The van der Waals surface area contributed by atoms with Gasteiger partial charge in [0.05, 0.1) is 0 Å². The van der Waals surface area contributed by atoms with Crippen molar-refractivity contribution >= 4 is 11.7 Å². The van der Waals surface area contributed by atoms with Crippen LogP contribution < -0.4 is 5.32 Å². The summed E-state index contributed by atoms with van der Waals surface area (Å²) in [6, 6.07) is 16.0. The van der Waals surface area contributed by atoms with Gasteiger partial charge in [0, 0.05) is 18.5 Å². The monoisotopic (exact) mass is 295 g/mol. The van der Waals surface area contributed by atoms with Crippen molar-refractivity contribution in [3.05, 3.63) is 59.7 Å². The summed E-state index contributed by atoms with van der Waals surface area (Å²) < 4.78 is 0. The minimum atomic E-state index is -0.00492. The molecule has 1 amide bonds. The van der Waals surface area contributed by atoms with Crippen LogP contribution in [-0.2, 0) is 11.2 Å². The number of carbonyl (C=O) groups is 2. The van der Waals surface area contributed by atoms with E-state index in [1.54, 1.807) is 6.92 Å². The van der Waals surface area contributed by atoms with Crippen LogP contribution in [-0.4, -0.2) is 17.7 Å². The first-order valence-corrected chi connectivity index (χ1v) is 7.43. The Labute approximate surface area is 131 Å². The van der Waals surface area contributed by atoms with E-state index in [1.807, 2.05) is 31.2 Å². The van der Waals surface area contributed by atoms with E-state index in [0.717, 1.165) is 23.1 Å². The fourth-order valence-electron chi connectivity index (χ4n) is 2.48. The van der Waals surface area contributed by atoms with Gasteiger partial charge in [0.1, 0.15) is 0 Å². The first-order valence-electron chi connectivity index (χ1n) is 7.43. The maximum Gasteiger partial charge on any atom is 0.217 e. The Bertz CT molecular complexity index is 657. The third-order valence-electron chi connectivity index (χ3n) is 3.57. The van der Waals surface area contributed by atoms with E-state index in [1.165, 1.54) is 12.5 Å². The van der Waals surface area contributed by atoms with Crippen molar-refractivity contribution in [1.82, 2.24) is 5.32 Å². The molecule has 0 heterocycles. The average molecular weight is 295 g/mol. The lowest BCUT2D eigenvalue weighted by molar-refractivity contribution is -0.119. The molecule has 1 N–H and O–H groups in total. The van der Waals surface area contributed by atoms with Crippen LogP contribution in [0.25, 0.3) is 11.1 Å². The summed E-state index contributed by atoms with van der Waals surface area (Å²) >= 11 is 0. The zero-order valence-corrected chi connectivity index (χ0v) is 13.2. The standard InChI is InChI=1S/C19H21NO2/c1-13(20-15(3)22)12-16-4-6-18(7-5-16)19-10-8-17(9-11-19)14(2)21/h4-11,13H,12H2,1-3H3,(H,20,22). The molecule has 0 fully saturated rings. The lowest BCUT2D eigenvalue weighted by atomic mass is 9.99. The summed E-state index contributed by atoms with van der Waals surface area (Å²) in [5.41, 5.74) is 4.12. The fourth-order valence-corrected chi connectivity index (χ4v) is 2.48. The van der Waals surface area contributed by atoms with Crippen molar-refractivity contribution in [1.29, 1.82) is 0 Å². The molecule has 3 heteroatoms. The van der Waals surface area contributed by atoms with Gasteiger partial charge in [0.15, 0.2) is 5.78 Å². The third kappa shape index (κ3) is 4.29. The lowest BCUT2D eigenvalue weighted by Gasteiger charge is -2.12. The number of hydrogen-bond acceptors (Lipinski definition) is 2. The number of rotatable bonds is 5. The lowest BCUT2D eigenvalue weighted by Crippen LogP contribution is -2.31. The maximum absolute atomic E-state index is 11.3. The van der Waals surface area contributed by atoms with Crippen LogP contribution in [0.3, 0.4) is 0 Å². The number of nitrogens with one attached hydrogen (secondary N) is 1. The number of ketones is 1. The number of Topliss-reactive ketones (excluding diaryl/α,β-unsaturated/α-hetero) is 1. The van der Waals surface area contributed by atoms with Gasteiger partial charge < -0.3 is 5.32 Å². The molecular weight excluding hydrogens is 274 g/mol. The van der Waals surface area contributed by atoms with Crippen LogP contribution in [0.2, 0.25) is 0 Å². The zero-order chi connectivity index (χ0) is 16.1. The van der Waals surface area contributed by atoms with Gasteiger partial charge in [-0.15, -0.1) is 0 Å². The molecule has 114 valence electrons. The molecule has 0 aromatic heterocycles. The molecule has 22 heavy (non-hydrogen) atoms. The van der Waals surface area contributed by atoms with Gasteiger partial charge in [-0.3, -0.25) is 9.59 Å². The van der Waals surface area contributed by atoms with E-state index in [9.17, 15) is 9.59 Å². The highest BCUT2D eigenvalue weighted by Crippen LogP contribution is 2.21. The number of benzene rings is 2. The minimum Gasteiger partial charge on any atom is -0.354 e. The molecule has 0 spiro atoms. The second kappa shape index (κ2) is 7.03. The molecule has 0 saturated carbocycles. The van der Waals surface area contributed by atoms with E-state index >= 15 is 0 Å². The van der Waals surface area contributed by atoms with Crippen LogP contribution >= 0.6 is 0 Å². The Morgan fingerprint density at radius 2 is 1.41 bits per heavy atom. The van der Waals surface area contributed by atoms with Crippen molar-refractivity contribution in [3.8, 4) is 11.1 Å². The van der Waals surface area contributed by atoms with Gasteiger partial charge in [0.25, 0.3) is 0 Å². The molecule has 1 atom stereocenters. The first kappa shape index (κ1) is 16.0. The van der Waals surface area contributed by atoms with Gasteiger partial charge in [-0.1, -0.05) is 48.5 Å². The summed E-state index contributed by atoms with van der Waals surface area (Å²) in [5.74, 6) is 0.0727. The van der Waals surface area contributed by atoms with Crippen LogP contribution in [0.15, 0.2) is 48.5 Å². The van der Waals surface area contributed by atoms with Crippen molar-refractivity contribution < 1.29 is 9.59 Å². The Kier molecular flexibility index (Phi) is 5.10. The smallest absolute Gasteiger partial charge is 0.217 e. The Balaban J connectivity index is 2.08. The van der Waals surface area contributed by atoms with Gasteiger partial charge in [0.2, 0.25) is 5.91 Å². The summed E-state index contributed by atoms with van der Waals surface area (Å²) in [5, 5.41) is 2.88. The number of carbonyl (C=O) groups excluding carboxylic acids is 2. The number of amides is 1. The molecule has 0 aliphatic rings. The highest BCUT2D eigenvalue weighted by molar-refractivity contribution is 5.94. The van der Waals surface area contributed by atoms with Crippen molar-refractivity contribution in [2.45, 2.75) is 33.2 Å². The Morgan fingerprint density at radius 1 is 0.909 bits per heavy atom. The summed E-state index contributed by atoms with van der Waals surface area (Å²) in [4.78, 5) is 22.3. The fraction of sp³-hybridized carbons (Fsp3) is 0.263. The largest absolute Gasteiger partial charge is 0.354 e. The quantitative estimate of drug-likeness (QED) is 0.856. The predicted molar refractivity (Wildman–Crippen MR) is 88.9 cm³/mol. The second-order valence-electron chi connectivity index (χ2n) is 5.64. The number of hydrogen-bond donors (Lipinski definition) is 1. The predicted octanol–water partition coefficient (Wildman–Crippen LogP) is 3.62. The molecule has 1 unspecified atom stereocenters. The molecule has 2 aromatic rings. The molecule has 2 aromatic carbocycles. The van der Waals surface area contributed by atoms with Gasteiger partial charge >= 0.3 is 0 Å². The zero-order valence-electron chi connectivity index (χ0n) is 13.2. The molecule has 2 rings (SSSR count). The van der Waals surface area contributed by atoms with Crippen molar-refractivity contribution in [3.63, 3.8) is 0 Å². The van der Waals surface area contributed by atoms with Gasteiger partial charge in [-0.2, -0.15) is 0 Å². The van der Waals surface area contributed by atoms with E-state index in [2.05, 4.69) is 29.6 Å². The second-order valence-corrected chi connectivity index (χ2v) is 5.64. The molecule has 0 saturated heterocycles. The minimum absolute atomic E-state index is 0.00492. The van der Waals surface area contributed by atoms with Crippen LogP contribution in [0, 0.1) is 0 Å². The van der Waals surface area contributed by atoms with Gasteiger partial charge in [-0.25, -0.2) is 0 Å². The molecule has 3 nitrogen and oxygen atoms in total. The summed E-state index contributed by atoms with van der Waals surface area (Å²) in [6.07, 6.45) is 0.809. The van der Waals surface area contributed by atoms with E-state index in [0.29, 0.717) is 0 Å². The molecular formula is C19H21NO2. The molecule has 0 aliphatic carbocycles. The Morgan fingerprint density at radius 3 is 1.86 bits per heavy atom. The third-order valence-corrected chi connectivity index (χ3v) is 3.57. The van der Waals surface area contributed by atoms with Crippen LogP contribution in [0.4, 0.5) is 0 Å². The Hall–Kier alpha value is -2.42. The van der Waals surface area contributed by atoms with Crippen LogP contribution in [0.1, 0.15) is 36.7 Å². The van der Waals surface area contributed by atoms with Gasteiger partial charge in [-0.05, 0) is 37.0 Å². The topological polar surface area (TPSA) is 46.2 Å². The first-order chi connectivity index (χ1) is 10.5. The van der Waals surface area contributed by atoms with Crippen molar-refractivity contribution in [2.75, 3.05) is 0 Å². The maximum atomic E-state index is 11.3. The van der Waals surface area contributed by atoms with E-state index in [-0.39, 0.29) is 17.7 Å². The average Bonchev–Trinajstić information content (AvgIpc) is 2.47. The van der Waals surface area contributed by atoms with Crippen LogP contribution in [0.5, 0.6) is 0 Å². The normalized spacial score (nSPS) is 11.8. The summed E-state index contributed by atoms with van der Waals surface area (Å²) in [7, 11) is 0. The van der Waals surface area contributed by atoms with Crippen molar-refractivity contribution in [2.24, 2.45) is 0 Å². The summed E-state index contributed by atoms with van der Waals surface area (Å²) in [6.45, 7) is 5.10. The SMILES string of the molecule is CC(=O)NC(C)Cc1ccc(-c2ccc(C(C)=O)cc2)cc1. The molecule has 0 radical (unpaired) electrons. The van der Waals surface area contributed by atoms with E-state index < -0.39 is 0 Å². The van der Waals surface area contributed by atoms with E-state index in [4.69, 9.17) is 0 Å². The highest BCUT2D eigenvalue weighted by Gasteiger charge is 2.05. The molecule has 0 bridgehead atoms.